The Morgan fingerprint density at radius 2 is 2.27 bits per heavy atom. The number of aliphatic hydroxyl groups is 1. The van der Waals surface area contributed by atoms with E-state index in [-0.39, 0.29) is 6.04 Å². The van der Waals surface area contributed by atoms with Crippen molar-refractivity contribution in [3.8, 4) is 0 Å². The van der Waals surface area contributed by atoms with E-state index in [4.69, 9.17) is 17.3 Å². The molecule has 0 saturated carbocycles. The largest absolute Gasteiger partial charge is 0.386 e. The summed E-state index contributed by atoms with van der Waals surface area (Å²) in [5.41, 5.74) is 5.49. The first-order valence-corrected chi connectivity index (χ1v) is 4.49. The minimum Gasteiger partial charge on any atom is -0.386 e. The van der Waals surface area contributed by atoms with E-state index in [1.54, 1.807) is 19.1 Å². The Kier molecular flexibility index (Phi) is 2.90. The normalized spacial score (nSPS) is 16.4. The van der Waals surface area contributed by atoms with Crippen LogP contribution in [0.15, 0.2) is 12.1 Å². The van der Waals surface area contributed by atoms with Crippen LogP contribution in [-0.2, 0) is 0 Å². The molecule has 4 heteroatoms. The molecule has 3 N–H and O–H groups in total. The SMILES string of the molecule is C[C@@H](N)C(O)c1ccc(Cl)s1. The molecule has 62 valence electrons. The Bertz CT molecular complexity index is 236. The Morgan fingerprint density at radius 1 is 1.64 bits per heavy atom. The third-order valence-corrected chi connectivity index (χ3v) is 2.69. The molecule has 0 bridgehead atoms. The fourth-order valence-corrected chi connectivity index (χ4v) is 1.91. The number of aliphatic hydroxyl groups excluding tert-OH is 1. The molecular weight excluding hydrogens is 182 g/mol. The third-order valence-electron chi connectivity index (χ3n) is 1.38. The number of halogens is 1. The van der Waals surface area contributed by atoms with Gasteiger partial charge >= 0.3 is 0 Å². The van der Waals surface area contributed by atoms with Crippen LogP contribution in [0, 0.1) is 0 Å². The summed E-state index contributed by atoms with van der Waals surface area (Å²) in [6.07, 6.45) is -0.590. The number of hydrogen-bond donors (Lipinski definition) is 2. The molecule has 0 fully saturated rings. The molecule has 0 amide bonds. The highest BCUT2D eigenvalue weighted by Gasteiger charge is 2.13. The van der Waals surface area contributed by atoms with E-state index in [1.807, 2.05) is 0 Å². The lowest BCUT2D eigenvalue weighted by Gasteiger charge is -2.11. The van der Waals surface area contributed by atoms with Gasteiger partial charge in [0.05, 0.1) is 4.34 Å². The molecule has 0 aliphatic carbocycles. The van der Waals surface area contributed by atoms with E-state index >= 15 is 0 Å². The van der Waals surface area contributed by atoms with Crippen LogP contribution in [-0.4, -0.2) is 11.1 Å². The average Bonchev–Trinajstić information content (AvgIpc) is 2.34. The average molecular weight is 192 g/mol. The van der Waals surface area contributed by atoms with Gasteiger partial charge in [-0.25, -0.2) is 0 Å². The van der Waals surface area contributed by atoms with Crippen LogP contribution < -0.4 is 5.73 Å². The highest BCUT2D eigenvalue weighted by molar-refractivity contribution is 7.16. The molecule has 1 unspecified atom stereocenters. The summed E-state index contributed by atoms with van der Waals surface area (Å²) >= 11 is 7.04. The van der Waals surface area contributed by atoms with Crippen LogP contribution >= 0.6 is 22.9 Å². The lowest BCUT2D eigenvalue weighted by atomic mass is 10.2. The van der Waals surface area contributed by atoms with Gasteiger partial charge in [0.1, 0.15) is 6.10 Å². The van der Waals surface area contributed by atoms with Crippen LogP contribution in [0.2, 0.25) is 4.34 Å². The molecule has 0 aliphatic rings. The molecule has 1 aromatic heterocycles. The molecule has 0 aliphatic heterocycles. The fourth-order valence-electron chi connectivity index (χ4n) is 0.746. The van der Waals surface area contributed by atoms with E-state index < -0.39 is 6.10 Å². The van der Waals surface area contributed by atoms with Crippen molar-refractivity contribution in [3.63, 3.8) is 0 Å². The zero-order valence-corrected chi connectivity index (χ0v) is 7.69. The van der Waals surface area contributed by atoms with Crippen molar-refractivity contribution in [1.82, 2.24) is 0 Å². The van der Waals surface area contributed by atoms with Crippen molar-refractivity contribution >= 4 is 22.9 Å². The van der Waals surface area contributed by atoms with Gasteiger partial charge in [-0.3, -0.25) is 0 Å². The summed E-state index contributed by atoms with van der Waals surface area (Å²) in [7, 11) is 0. The van der Waals surface area contributed by atoms with Crippen molar-refractivity contribution in [2.24, 2.45) is 5.73 Å². The van der Waals surface area contributed by atoms with Gasteiger partial charge in [-0.1, -0.05) is 11.6 Å². The first kappa shape index (κ1) is 9.00. The second-order valence-corrected chi connectivity index (χ2v) is 4.19. The Hall–Kier alpha value is -0.0900. The molecule has 0 spiro atoms. The second-order valence-electron chi connectivity index (χ2n) is 2.45. The van der Waals surface area contributed by atoms with E-state index in [2.05, 4.69) is 0 Å². The molecule has 0 radical (unpaired) electrons. The standard InChI is InChI=1S/C7H10ClNOS/c1-4(9)7(10)5-2-3-6(8)11-5/h2-4,7,10H,9H2,1H3/t4-,7?/m1/s1. The quantitative estimate of drug-likeness (QED) is 0.749. The number of hydrogen-bond acceptors (Lipinski definition) is 3. The highest BCUT2D eigenvalue weighted by atomic mass is 35.5. The molecule has 1 aromatic rings. The van der Waals surface area contributed by atoms with Gasteiger partial charge in [-0.2, -0.15) is 0 Å². The maximum atomic E-state index is 9.44. The maximum Gasteiger partial charge on any atom is 0.103 e. The fraction of sp³-hybridized carbons (Fsp3) is 0.429. The van der Waals surface area contributed by atoms with Gasteiger partial charge in [0.25, 0.3) is 0 Å². The van der Waals surface area contributed by atoms with Crippen molar-refractivity contribution < 1.29 is 5.11 Å². The predicted octanol–water partition coefficient (Wildman–Crippen LogP) is 1.78. The van der Waals surface area contributed by atoms with Crippen molar-refractivity contribution in [1.29, 1.82) is 0 Å². The first-order chi connectivity index (χ1) is 5.11. The van der Waals surface area contributed by atoms with Crippen LogP contribution in [0.25, 0.3) is 0 Å². The Balaban J connectivity index is 2.76. The Labute approximate surface area is 74.6 Å². The third kappa shape index (κ3) is 2.17. The van der Waals surface area contributed by atoms with Gasteiger partial charge in [0.2, 0.25) is 0 Å². The summed E-state index contributed by atoms with van der Waals surface area (Å²) in [6, 6.07) is 3.30. The summed E-state index contributed by atoms with van der Waals surface area (Å²) in [6.45, 7) is 1.76. The van der Waals surface area contributed by atoms with Gasteiger partial charge in [-0.15, -0.1) is 11.3 Å². The molecule has 2 atom stereocenters. The smallest absolute Gasteiger partial charge is 0.103 e. The van der Waals surface area contributed by atoms with E-state index in [0.717, 1.165) is 4.88 Å². The zero-order valence-electron chi connectivity index (χ0n) is 6.12. The number of rotatable bonds is 2. The lowest BCUT2D eigenvalue weighted by molar-refractivity contribution is 0.157. The number of nitrogens with two attached hydrogens (primary N) is 1. The molecular formula is C7H10ClNOS. The van der Waals surface area contributed by atoms with Crippen molar-refractivity contribution in [2.75, 3.05) is 0 Å². The second kappa shape index (κ2) is 3.54. The summed E-state index contributed by atoms with van der Waals surface area (Å²) in [5, 5.41) is 9.44. The van der Waals surface area contributed by atoms with Crippen LogP contribution in [0.1, 0.15) is 17.9 Å². The Morgan fingerprint density at radius 3 is 2.64 bits per heavy atom. The molecule has 0 aromatic carbocycles. The summed E-state index contributed by atoms with van der Waals surface area (Å²) in [5.74, 6) is 0. The van der Waals surface area contributed by atoms with E-state index in [9.17, 15) is 5.11 Å². The van der Waals surface area contributed by atoms with Gasteiger partial charge in [-0.05, 0) is 19.1 Å². The van der Waals surface area contributed by atoms with E-state index in [0.29, 0.717) is 4.34 Å². The summed E-state index contributed by atoms with van der Waals surface area (Å²) < 4.78 is 0.680. The van der Waals surface area contributed by atoms with Crippen LogP contribution in [0.5, 0.6) is 0 Å². The van der Waals surface area contributed by atoms with Crippen LogP contribution in [0.4, 0.5) is 0 Å². The minimum atomic E-state index is -0.590. The van der Waals surface area contributed by atoms with Gasteiger partial charge < -0.3 is 10.8 Å². The van der Waals surface area contributed by atoms with E-state index in [1.165, 1.54) is 11.3 Å². The number of thiophene rings is 1. The lowest BCUT2D eigenvalue weighted by Crippen LogP contribution is -2.23. The monoisotopic (exact) mass is 191 g/mol. The zero-order chi connectivity index (χ0) is 8.43. The van der Waals surface area contributed by atoms with Crippen molar-refractivity contribution in [2.45, 2.75) is 19.1 Å². The maximum absolute atomic E-state index is 9.44. The van der Waals surface area contributed by atoms with Gasteiger partial charge in [0, 0.05) is 10.9 Å². The highest BCUT2D eigenvalue weighted by Crippen LogP contribution is 2.27. The minimum absolute atomic E-state index is 0.246. The first-order valence-electron chi connectivity index (χ1n) is 3.30. The van der Waals surface area contributed by atoms with Crippen LogP contribution in [0.3, 0.4) is 0 Å². The topological polar surface area (TPSA) is 46.2 Å². The molecule has 0 saturated heterocycles. The van der Waals surface area contributed by atoms with Crippen molar-refractivity contribution in [3.05, 3.63) is 21.3 Å². The molecule has 11 heavy (non-hydrogen) atoms. The molecule has 1 heterocycles. The van der Waals surface area contributed by atoms with Gasteiger partial charge in [0.15, 0.2) is 0 Å². The molecule has 1 rings (SSSR count). The predicted molar refractivity (Wildman–Crippen MR) is 47.9 cm³/mol. The molecule has 2 nitrogen and oxygen atoms in total. The summed E-state index contributed by atoms with van der Waals surface area (Å²) in [4.78, 5) is 0.824.